The number of aliphatic carboxylic acids is 2. The fourth-order valence-corrected chi connectivity index (χ4v) is 3.69. The fourth-order valence-electron chi connectivity index (χ4n) is 3.00. The molecule has 0 radical (unpaired) electrons. The number of carboxylic acids is 2. The number of halogens is 3. The maximum absolute atomic E-state index is 12.3. The minimum absolute atomic E-state index is 0.0372. The highest BCUT2D eigenvalue weighted by Crippen LogP contribution is 2.15. The summed E-state index contributed by atoms with van der Waals surface area (Å²) in [5.74, 6) is -6.26. The Morgan fingerprint density at radius 2 is 1.53 bits per heavy atom. The predicted molar refractivity (Wildman–Crippen MR) is 151 cm³/mol. The lowest BCUT2D eigenvalue weighted by molar-refractivity contribution is -0.192. The van der Waals surface area contributed by atoms with Crippen molar-refractivity contribution in [3.05, 3.63) is 77.1 Å². The van der Waals surface area contributed by atoms with Crippen LogP contribution in [0.1, 0.15) is 28.2 Å². The molecule has 1 aromatic carbocycles. The maximum atomic E-state index is 12.3. The van der Waals surface area contributed by atoms with Crippen LogP contribution in [0.3, 0.4) is 0 Å². The van der Waals surface area contributed by atoms with Crippen LogP contribution < -0.4 is 26.6 Å². The highest BCUT2D eigenvalue weighted by atomic mass is 32.1. The summed E-state index contributed by atoms with van der Waals surface area (Å²) < 4.78 is 31.7. The van der Waals surface area contributed by atoms with Crippen LogP contribution in [0, 0.1) is 0 Å². The molecular weight excluding hydrogens is 627 g/mol. The molecule has 0 saturated heterocycles. The van der Waals surface area contributed by atoms with E-state index in [4.69, 9.17) is 9.90 Å². The molecule has 7 N–H and O–H groups in total. The maximum Gasteiger partial charge on any atom is 0.490 e. The molecule has 5 amide bonds. The second-order valence-corrected chi connectivity index (χ2v) is 9.44. The number of carboxylic acid groups (broad SMARTS) is 2. The van der Waals surface area contributed by atoms with E-state index in [-0.39, 0.29) is 17.4 Å². The zero-order valence-corrected chi connectivity index (χ0v) is 23.8. The number of thiazole rings is 1. The van der Waals surface area contributed by atoms with Gasteiger partial charge < -0.3 is 31.5 Å². The van der Waals surface area contributed by atoms with Crippen molar-refractivity contribution in [1.29, 1.82) is 0 Å². The van der Waals surface area contributed by atoms with Gasteiger partial charge in [-0.2, -0.15) is 13.2 Å². The quantitative estimate of drug-likeness (QED) is 0.149. The van der Waals surface area contributed by atoms with Gasteiger partial charge in [0.25, 0.3) is 5.91 Å². The second kappa shape index (κ2) is 17.5. The Bertz CT molecular complexity index is 1470. The van der Waals surface area contributed by atoms with Crippen LogP contribution in [0.25, 0.3) is 0 Å². The summed E-state index contributed by atoms with van der Waals surface area (Å²) >= 11 is 1.02. The zero-order valence-electron chi connectivity index (χ0n) is 23.0. The Balaban J connectivity index is 0.000000900. The van der Waals surface area contributed by atoms with E-state index in [9.17, 15) is 42.3 Å². The number of amides is 5. The number of rotatable bonds is 12. The molecule has 15 nitrogen and oxygen atoms in total. The summed E-state index contributed by atoms with van der Waals surface area (Å²) in [5.41, 5.74) is 1.47. The largest absolute Gasteiger partial charge is 0.490 e. The van der Waals surface area contributed by atoms with E-state index in [1.165, 1.54) is 5.38 Å². The van der Waals surface area contributed by atoms with Crippen molar-refractivity contribution in [3.8, 4) is 0 Å². The number of anilines is 1. The first-order chi connectivity index (χ1) is 21.2. The standard InChI is InChI=1S/C24H25N7O6S.C2HF3O2/c32-19(26-12-16-8-4-5-9-25-16)10-17(22(35)36)29-20(33)13-27-21(34)18-14-38-24(30-18)31-23(37)28-11-15-6-2-1-3-7-15;3-2(4,5)1(6)7/h1-9,14,17H,10-13H2,(H,26,32)(H,27,34)(H,29,33)(H,35,36)(H2,28,30,31,37);(H,6,7). The van der Waals surface area contributed by atoms with Gasteiger partial charge in [0.1, 0.15) is 11.7 Å². The molecule has 3 rings (SSSR count). The van der Waals surface area contributed by atoms with Crippen molar-refractivity contribution in [2.45, 2.75) is 31.7 Å². The lowest BCUT2D eigenvalue weighted by Crippen LogP contribution is -2.47. The van der Waals surface area contributed by atoms with Crippen molar-refractivity contribution < 1.29 is 52.2 Å². The number of hydrogen-bond acceptors (Lipinski definition) is 9. The molecule has 0 aliphatic rings. The Labute approximate surface area is 256 Å². The van der Waals surface area contributed by atoms with Gasteiger partial charge >= 0.3 is 24.1 Å². The van der Waals surface area contributed by atoms with Crippen LogP contribution in [0.4, 0.5) is 23.1 Å². The van der Waals surface area contributed by atoms with Crippen molar-refractivity contribution in [2.24, 2.45) is 0 Å². The summed E-state index contributed by atoms with van der Waals surface area (Å²) in [4.78, 5) is 77.1. The number of benzene rings is 1. The number of pyridine rings is 1. The predicted octanol–water partition coefficient (Wildman–Crippen LogP) is 1.50. The van der Waals surface area contributed by atoms with E-state index in [2.05, 4.69) is 36.6 Å². The van der Waals surface area contributed by atoms with Crippen LogP contribution in [-0.4, -0.2) is 74.6 Å². The van der Waals surface area contributed by atoms with Gasteiger partial charge in [-0.3, -0.25) is 24.7 Å². The minimum Gasteiger partial charge on any atom is -0.480 e. The van der Waals surface area contributed by atoms with Crippen molar-refractivity contribution in [1.82, 2.24) is 31.2 Å². The molecule has 0 saturated carbocycles. The van der Waals surface area contributed by atoms with E-state index in [1.54, 1.807) is 24.4 Å². The van der Waals surface area contributed by atoms with E-state index in [0.29, 0.717) is 12.2 Å². The Kier molecular flexibility index (Phi) is 13.9. The molecule has 1 atom stereocenters. The molecule has 0 fully saturated rings. The van der Waals surface area contributed by atoms with Crippen molar-refractivity contribution in [3.63, 3.8) is 0 Å². The van der Waals surface area contributed by atoms with Gasteiger partial charge in [-0.15, -0.1) is 11.3 Å². The van der Waals surface area contributed by atoms with Crippen molar-refractivity contribution in [2.75, 3.05) is 11.9 Å². The third-order valence-electron chi connectivity index (χ3n) is 5.12. The fraction of sp³-hybridized carbons (Fsp3) is 0.231. The number of aromatic nitrogens is 2. The monoisotopic (exact) mass is 653 g/mol. The number of nitrogens with zero attached hydrogens (tertiary/aromatic N) is 2. The highest BCUT2D eigenvalue weighted by molar-refractivity contribution is 7.14. The van der Waals surface area contributed by atoms with E-state index < -0.39 is 60.9 Å². The Morgan fingerprint density at radius 3 is 2.13 bits per heavy atom. The molecule has 3 aromatic rings. The van der Waals surface area contributed by atoms with Gasteiger partial charge in [0.2, 0.25) is 11.8 Å². The van der Waals surface area contributed by atoms with Gasteiger partial charge in [-0.25, -0.2) is 19.4 Å². The zero-order chi connectivity index (χ0) is 33.4. The number of alkyl halides is 3. The van der Waals surface area contributed by atoms with Gasteiger partial charge in [-0.05, 0) is 17.7 Å². The summed E-state index contributed by atoms with van der Waals surface area (Å²) in [6.07, 6.45) is -4.03. The molecule has 240 valence electrons. The SMILES string of the molecule is O=C(CC(NC(=O)CNC(=O)c1csc(NC(=O)NCc2ccccc2)n1)C(=O)O)NCc1ccccn1.O=C(O)C(F)(F)F. The minimum atomic E-state index is -5.08. The number of hydrogen-bond donors (Lipinski definition) is 7. The number of urea groups is 1. The molecular formula is C26H26F3N7O8S. The molecule has 0 aliphatic heterocycles. The second-order valence-electron chi connectivity index (χ2n) is 8.58. The first-order valence-corrected chi connectivity index (χ1v) is 13.4. The highest BCUT2D eigenvalue weighted by Gasteiger charge is 2.38. The van der Waals surface area contributed by atoms with E-state index in [0.717, 1.165) is 16.9 Å². The van der Waals surface area contributed by atoms with Gasteiger partial charge in [0.05, 0.1) is 25.2 Å². The lowest BCUT2D eigenvalue weighted by atomic mass is 10.2. The van der Waals surface area contributed by atoms with Gasteiger partial charge in [-0.1, -0.05) is 36.4 Å². The van der Waals surface area contributed by atoms with E-state index in [1.807, 2.05) is 30.3 Å². The Morgan fingerprint density at radius 1 is 0.867 bits per heavy atom. The molecule has 2 aromatic heterocycles. The third kappa shape index (κ3) is 14.0. The van der Waals surface area contributed by atoms with Crippen LogP contribution in [0.2, 0.25) is 0 Å². The summed E-state index contributed by atoms with van der Waals surface area (Å²) in [5, 5.41) is 30.3. The molecule has 0 spiro atoms. The van der Waals surface area contributed by atoms with Crippen LogP contribution in [0.5, 0.6) is 0 Å². The molecule has 19 heteroatoms. The number of carbonyl (C=O) groups excluding carboxylic acids is 4. The molecule has 0 bridgehead atoms. The number of carbonyl (C=O) groups is 6. The average Bonchev–Trinajstić information content (AvgIpc) is 3.46. The summed E-state index contributed by atoms with van der Waals surface area (Å²) in [6.45, 7) is -0.130. The summed E-state index contributed by atoms with van der Waals surface area (Å²) in [6, 6.07) is 12.5. The van der Waals surface area contributed by atoms with Crippen molar-refractivity contribution >= 4 is 52.2 Å². The molecule has 45 heavy (non-hydrogen) atoms. The molecule has 1 unspecified atom stereocenters. The smallest absolute Gasteiger partial charge is 0.480 e. The average molecular weight is 654 g/mol. The molecule has 2 heterocycles. The Hall–Kier alpha value is -5.59. The lowest BCUT2D eigenvalue weighted by Gasteiger charge is -2.14. The number of nitrogens with one attached hydrogen (secondary N) is 5. The summed E-state index contributed by atoms with van der Waals surface area (Å²) in [7, 11) is 0. The van der Waals surface area contributed by atoms with Crippen LogP contribution in [-0.2, 0) is 32.3 Å². The first kappa shape index (κ1) is 35.6. The van der Waals surface area contributed by atoms with Crippen LogP contribution >= 0.6 is 11.3 Å². The third-order valence-corrected chi connectivity index (χ3v) is 5.88. The normalized spacial score (nSPS) is 11.1. The molecule has 0 aliphatic carbocycles. The van der Waals surface area contributed by atoms with E-state index >= 15 is 0 Å². The van der Waals surface area contributed by atoms with Gasteiger partial charge in [0.15, 0.2) is 5.13 Å². The first-order valence-electron chi connectivity index (χ1n) is 12.6. The topological polar surface area (TPSA) is 229 Å². The van der Waals surface area contributed by atoms with Crippen LogP contribution in [0.15, 0.2) is 60.1 Å². The van der Waals surface area contributed by atoms with Gasteiger partial charge in [0, 0.05) is 18.1 Å².